The van der Waals surface area contributed by atoms with E-state index in [0.29, 0.717) is 30.6 Å². The van der Waals surface area contributed by atoms with E-state index in [1.165, 1.54) is 13.3 Å². The number of methoxy groups -OCH3 is 1. The molecule has 34 heavy (non-hydrogen) atoms. The van der Waals surface area contributed by atoms with Crippen LogP contribution in [0, 0.1) is 6.92 Å². The monoisotopic (exact) mass is 455 g/mol. The summed E-state index contributed by atoms with van der Waals surface area (Å²) in [7, 11) is 1.34. The Morgan fingerprint density at radius 2 is 2.00 bits per heavy atom. The van der Waals surface area contributed by atoms with Crippen LogP contribution in [0.5, 0.6) is 5.75 Å². The van der Waals surface area contributed by atoms with Gasteiger partial charge in [0.15, 0.2) is 0 Å². The fourth-order valence-corrected chi connectivity index (χ4v) is 4.46. The molecule has 4 aromatic rings. The molecule has 0 aliphatic carbocycles. The van der Waals surface area contributed by atoms with Crippen LogP contribution in [0.15, 0.2) is 60.8 Å². The van der Waals surface area contributed by atoms with Crippen molar-refractivity contribution in [2.75, 3.05) is 13.7 Å². The first-order valence-electron chi connectivity index (χ1n) is 11.2. The minimum absolute atomic E-state index is 0.0345. The van der Waals surface area contributed by atoms with Gasteiger partial charge in [-0.3, -0.25) is 9.78 Å². The molecule has 0 radical (unpaired) electrons. The third kappa shape index (κ3) is 4.12. The highest BCUT2D eigenvalue weighted by atomic mass is 16.5. The van der Waals surface area contributed by atoms with Crippen molar-refractivity contribution in [1.29, 1.82) is 0 Å². The van der Waals surface area contributed by atoms with Crippen LogP contribution in [0.1, 0.15) is 27.2 Å². The average molecular weight is 456 g/mol. The Hall–Kier alpha value is -4.13. The van der Waals surface area contributed by atoms with Crippen molar-refractivity contribution in [3.05, 3.63) is 83.2 Å². The van der Waals surface area contributed by atoms with Gasteiger partial charge < -0.3 is 19.8 Å². The quantitative estimate of drug-likeness (QED) is 0.429. The zero-order chi connectivity index (χ0) is 23.7. The highest BCUT2D eigenvalue weighted by Crippen LogP contribution is 2.38. The molecule has 1 amide bonds. The van der Waals surface area contributed by atoms with Crippen LogP contribution >= 0.6 is 0 Å². The van der Waals surface area contributed by atoms with Crippen LogP contribution in [-0.2, 0) is 22.4 Å². The van der Waals surface area contributed by atoms with E-state index in [1.54, 1.807) is 12.1 Å². The molecular formula is C27H25N3O4. The normalized spacial score (nSPS) is 14.5. The number of para-hydroxylation sites is 2. The van der Waals surface area contributed by atoms with Crippen LogP contribution in [-0.4, -0.2) is 41.6 Å². The van der Waals surface area contributed by atoms with Gasteiger partial charge in [0.25, 0.3) is 0 Å². The Bertz CT molecular complexity index is 1370. The Morgan fingerprint density at radius 1 is 1.15 bits per heavy atom. The molecule has 2 aromatic heterocycles. The number of hydrogen-bond acceptors (Lipinski definition) is 5. The van der Waals surface area contributed by atoms with Gasteiger partial charge in [0.1, 0.15) is 11.9 Å². The second kappa shape index (κ2) is 9.02. The second-order valence-electron chi connectivity index (χ2n) is 8.42. The zero-order valence-electron chi connectivity index (χ0n) is 19.1. The number of rotatable bonds is 6. The van der Waals surface area contributed by atoms with Gasteiger partial charge in [-0.1, -0.05) is 30.3 Å². The third-order valence-corrected chi connectivity index (χ3v) is 6.18. The molecule has 0 spiro atoms. The number of pyridine rings is 1. The summed E-state index contributed by atoms with van der Waals surface area (Å²) in [5.41, 5.74) is 6.11. The number of fused-ring (bicyclic) bond motifs is 2. The number of nitrogens with one attached hydrogen (secondary N) is 2. The van der Waals surface area contributed by atoms with E-state index >= 15 is 0 Å². The van der Waals surface area contributed by atoms with Crippen LogP contribution < -0.4 is 10.1 Å². The third-order valence-electron chi connectivity index (χ3n) is 6.18. The average Bonchev–Trinajstić information content (AvgIpc) is 3.42. The number of aromatic amines is 1. The van der Waals surface area contributed by atoms with Crippen molar-refractivity contribution in [3.63, 3.8) is 0 Å². The molecule has 1 aliphatic heterocycles. The Labute approximate surface area is 197 Å². The molecule has 2 aromatic carbocycles. The molecule has 3 heterocycles. The number of carbonyl (C=O) groups is 2. The van der Waals surface area contributed by atoms with Crippen molar-refractivity contribution in [1.82, 2.24) is 15.3 Å². The highest BCUT2D eigenvalue weighted by Gasteiger charge is 2.26. The number of nitrogens with zero attached hydrogens (tertiary/aromatic N) is 1. The number of aryl methyl sites for hydroxylation is 1. The van der Waals surface area contributed by atoms with E-state index < -0.39 is 5.97 Å². The molecule has 1 aliphatic rings. The molecule has 1 atom stereocenters. The van der Waals surface area contributed by atoms with Gasteiger partial charge in [0, 0.05) is 34.8 Å². The van der Waals surface area contributed by atoms with Crippen LogP contribution in [0.4, 0.5) is 0 Å². The summed E-state index contributed by atoms with van der Waals surface area (Å²) >= 11 is 0. The SMILES string of the molecule is COC(=O)c1ccc(-c2cccc3c2O[C@@H](CNC(=O)Cc2c(C)[nH]c4ccccc24)C3)nc1. The number of benzene rings is 2. The fourth-order valence-electron chi connectivity index (χ4n) is 4.46. The topological polar surface area (TPSA) is 93.3 Å². The first-order valence-corrected chi connectivity index (χ1v) is 11.2. The van der Waals surface area contributed by atoms with Crippen LogP contribution in [0.25, 0.3) is 22.2 Å². The van der Waals surface area contributed by atoms with Gasteiger partial charge in [-0.25, -0.2) is 4.79 Å². The summed E-state index contributed by atoms with van der Waals surface area (Å²) in [6.45, 7) is 2.41. The standard InChI is InChI=1S/C27H25N3O4/c1-16-22(20-7-3-4-9-24(20)30-16)13-25(31)29-15-19-12-17-6-5-8-21(26(17)34-19)23-11-10-18(14-28-23)27(32)33-2/h3-11,14,19,30H,12-13,15H2,1-2H3,(H,29,31)/t19-/m1/s1. The summed E-state index contributed by atoms with van der Waals surface area (Å²) < 4.78 is 11.0. The maximum Gasteiger partial charge on any atom is 0.339 e. The molecular weight excluding hydrogens is 430 g/mol. The lowest BCUT2D eigenvalue weighted by Crippen LogP contribution is -2.35. The molecule has 0 unspecified atom stereocenters. The van der Waals surface area contributed by atoms with Gasteiger partial charge in [-0.2, -0.15) is 0 Å². The molecule has 0 fully saturated rings. The number of hydrogen-bond donors (Lipinski definition) is 2. The molecule has 7 heteroatoms. The highest BCUT2D eigenvalue weighted by molar-refractivity contribution is 5.90. The summed E-state index contributed by atoms with van der Waals surface area (Å²) in [4.78, 5) is 32.1. The van der Waals surface area contributed by atoms with Crippen LogP contribution in [0.2, 0.25) is 0 Å². The van der Waals surface area contributed by atoms with E-state index in [-0.39, 0.29) is 12.0 Å². The predicted octanol–water partition coefficient (Wildman–Crippen LogP) is 3.99. The van der Waals surface area contributed by atoms with E-state index in [9.17, 15) is 9.59 Å². The maximum atomic E-state index is 12.7. The molecule has 0 saturated carbocycles. The fraction of sp³-hybridized carbons (Fsp3) is 0.222. The minimum Gasteiger partial charge on any atom is -0.487 e. The van der Waals surface area contributed by atoms with Crippen LogP contribution in [0.3, 0.4) is 0 Å². The summed E-state index contributed by atoms with van der Waals surface area (Å²) in [6.07, 6.45) is 2.37. The first-order chi connectivity index (χ1) is 16.5. The Balaban J connectivity index is 1.25. The smallest absolute Gasteiger partial charge is 0.339 e. The molecule has 2 N–H and O–H groups in total. The van der Waals surface area contributed by atoms with Crippen molar-refractivity contribution in [2.24, 2.45) is 0 Å². The largest absolute Gasteiger partial charge is 0.487 e. The van der Waals surface area contributed by atoms with Gasteiger partial charge >= 0.3 is 5.97 Å². The number of amides is 1. The number of aromatic nitrogens is 2. The molecule has 5 rings (SSSR count). The van der Waals surface area contributed by atoms with E-state index in [0.717, 1.165) is 39.0 Å². The predicted molar refractivity (Wildman–Crippen MR) is 129 cm³/mol. The molecule has 172 valence electrons. The van der Waals surface area contributed by atoms with Crippen molar-refractivity contribution >= 4 is 22.8 Å². The number of ether oxygens (including phenoxy) is 2. The van der Waals surface area contributed by atoms with Crippen molar-refractivity contribution < 1.29 is 19.1 Å². The second-order valence-corrected chi connectivity index (χ2v) is 8.42. The number of H-pyrrole nitrogens is 1. The van der Waals surface area contributed by atoms with Crippen molar-refractivity contribution in [3.8, 4) is 17.0 Å². The van der Waals surface area contributed by atoms with Crippen molar-refractivity contribution in [2.45, 2.75) is 25.9 Å². The first kappa shape index (κ1) is 21.7. The van der Waals surface area contributed by atoms with E-state index in [4.69, 9.17) is 9.47 Å². The van der Waals surface area contributed by atoms with Gasteiger partial charge in [-0.15, -0.1) is 0 Å². The summed E-state index contributed by atoms with van der Waals surface area (Å²) in [6, 6.07) is 17.4. The van der Waals surface area contributed by atoms with Gasteiger partial charge in [-0.05, 0) is 42.3 Å². The van der Waals surface area contributed by atoms with Gasteiger partial charge in [0.05, 0.1) is 31.3 Å². The molecule has 0 bridgehead atoms. The lowest BCUT2D eigenvalue weighted by Gasteiger charge is -2.13. The number of esters is 1. The molecule has 7 nitrogen and oxygen atoms in total. The minimum atomic E-state index is -0.424. The Morgan fingerprint density at radius 3 is 2.79 bits per heavy atom. The Kier molecular flexibility index (Phi) is 5.76. The lowest BCUT2D eigenvalue weighted by atomic mass is 10.0. The molecule has 0 saturated heterocycles. The van der Waals surface area contributed by atoms with Gasteiger partial charge in [0.2, 0.25) is 5.91 Å². The van der Waals surface area contributed by atoms with E-state index in [2.05, 4.69) is 15.3 Å². The zero-order valence-corrected chi connectivity index (χ0v) is 19.1. The summed E-state index contributed by atoms with van der Waals surface area (Å²) in [5, 5.41) is 4.11. The number of carbonyl (C=O) groups excluding carboxylic acids is 2. The lowest BCUT2D eigenvalue weighted by molar-refractivity contribution is -0.120. The summed E-state index contributed by atoms with van der Waals surface area (Å²) in [5.74, 6) is 0.312. The van der Waals surface area contributed by atoms with E-state index in [1.807, 2.05) is 49.4 Å². The maximum absolute atomic E-state index is 12.7.